The summed E-state index contributed by atoms with van der Waals surface area (Å²) < 4.78 is 0. The summed E-state index contributed by atoms with van der Waals surface area (Å²) in [4.78, 5) is 0. The maximum absolute atomic E-state index is 3.84. The minimum absolute atomic E-state index is 0.962. The molecule has 1 radical (unpaired) electrons. The van der Waals surface area contributed by atoms with E-state index in [2.05, 4.69) is 19.2 Å². The van der Waals surface area contributed by atoms with Crippen LogP contribution in [-0.4, -0.2) is 5.75 Å². The molecule has 0 aromatic rings. The van der Waals surface area contributed by atoms with Crippen molar-refractivity contribution < 1.29 is 0 Å². The molecule has 0 spiro atoms. The Morgan fingerprint density at radius 2 is 2.50 bits per heavy atom. The van der Waals surface area contributed by atoms with Gasteiger partial charge >= 0.3 is 0 Å². The van der Waals surface area contributed by atoms with Crippen molar-refractivity contribution in [1.29, 1.82) is 0 Å². The highest BCUT2D eigenvalue weighted by atomic mass is 32.2. The highest BCUT2D eigenvalue weighted by Crippen LogP contribution is 2.05. The molecule has 0 aliphatic carbocycles. The van der Waals surface area contributed by atoms with E-state index >= 15 is 0 Å². The van der Waals surface area contributed by atoms with Gasteiger partial charge < -0.3 is 0 Å². The van der Waals surface area contributed by atoms with Crippen LogP contribution in [0.25, 0.3) is 0 Å². The maximum Gasteiger partial charge on any atom is 0.0682 e. The van der Waals surface area contributed by atoms with Crippen LogP contribution < -0.4 is 0 Å². The SMILES string of the molecule is C=CCS[CH]S. The molecule has 0 saturated heterocycles. The van der Waals surface area contributed by atoms with E-state index in [-0.39, 0.29) is 0 Å². The zero-order valence-electron chi connectivity index (χ0n) is 3.42. The lowest BCUT2D eigenvalue weighted by molar-refractivity contribution is 1.83. The van der Waals surface area contributed by atoms with Gasteiger partial charge in [-0.25, -0.2) is 0 Å². The van der Waals surface area contributed by atoms with Crippen molar-refractivity contribution in [2.45, 2.75) is 0 Å². The third-order valence-corrected chi connectivity index (χ3v) is 1.31. The van der Waals surface area contributed by atoms with E-state index in [1.165, 1.54) is 0 Å². The minimum atomic E-state index is 0.962. The molecule has 0 atom stereocenters. The lowest BCUT2D eigenvalue weighted by Crippen LogP contribution is -1.59. The number of rotatable bonds is 3. The fraction of sp³-hybridized carbons (Fsp3) is 0.250. The summed E-state index contributed by atoms with van der Waals surface area (Å²) in [7, 11) is 0. The Morgan fingerprint density at radius 1 is 1.83 bits per heavy atom. The monoisotopic (exact) mass is 119 g/mol. The minimum Gasteiger partial charge on any atom is -0.163 e. The summed E-state index contributed by atoms with van der Waals surface area (Å²) in [6.45, 7) is 3.52. The van der Waals surface area contributed by atoms with Gasteiger partial charge in [-0.1, -0.05) is 6.08 Å². The highest BCUT2D eigenvalue weighted by molar-refractivity contribution is 8.12. The Bertz CT molecular complexity index is 34.5. The van der Waals surface area contributed by atoms with Crippen LogP contribution in [0.5, 0.6) is 0 Å². The predicted molar refractivity (Wildman–Crippen MR) is 35.9 cm³/mol. The first-order valence-electron chi connectivity index (χ1n) is 1.60. The molecule has 0 heterocycles. The second-order valence-corrected chi connectivity index (χ2v) is 2.24. The molecule has 0 amide bonds. The quantitative estimate of drug-likeness (QED) is 0.336. The second kappa shape index (κ2) is 5.44. The molecule has 0 nitrogen and oxygen atoms in total. The van der Waals surface area contributed by atoms with Gasteiger partial charge in [0.2, 0.25) is 0 Å². The molecule has 0 aliphatic heterocycles. The number of hydrogen-bond donors (Lipinski definition) is 1. The predicted octanol–water partition coefficient (Wildman–Crippen LogP) is 1.95. The molecule has 0 aromatic carbocycles. The van der Waals surface area contributed by atoms with Gasteiger partial charge in [0.25, 0.3) is 0 Å². The van der Waals surface area contributed by atoms with Crippen molar-refractivity contribution in [1.82, 2.24) is 0 Å². The lowest BCUT2D eigenvalue weighted by Gasteiger charge is -1.81. The normalized spacial score (nSPS) is 8.17. The van der Waals surface area contributed by atoms with Crippen LogP contribution in [0, 0.1) is 5.08 Å². The zero-order valence-corrected chi connectivity index (χ0v) is 5.14. The van der Waals surface area contributed by atoms with Gasteiger partial charge in [0.15, 0.2) is 0 Å². The Hall–Kier alpha value is 0.440. The average Bonchev–Trinajstić information content (AvgIpc) is 1.61. The third-order valence-electron chi connectivity index (χ3n) is 0.289. The topological polar surface area (TPSA) is 0 Å². The molecule has 0 N–H and O–H groups in total. The van der Waals surface area contributed by atoms with E-state index < -0.39 is 0 Å². The molecule has 6 heavy (non-hydrogen) atoms. The van der Waals surface area contributed by atoms with Crippen LogP contribution in [0.15, 0.2) is 12.7 Å². The zero-order chi connectivity index (χ0) is 4.83. The van der Waals surface area contributed by atoms with Gasteiger partial charge in [0, 0.05) is 5.75 Å². The van der Waals surface area contributed by atoms with Crippen LogP contribution in [0.3, 0.4) is 0 Å². The van der Waals surface area contributed by atoms with Gasteiger partial charge in [-0.2, -0.15) is 12.6 Å². The molecule has 0 unspecified atom stereocenters. The van der Waals surface area contributed by atoms with E-state index in [4.69, 9.17) is 0 Å². The molecule has 0 rings (SSSR count). The molecule has 2 heteroatoms. The van der Waals surface area contributed by atoms with Crippen molar-refractivity contribution in [3.63, 3.8) is 0 Å². The summed E-state index contributed by atoms with van der Waals surface area (Å²) in [5.41, 5.74) is 0. The average molecular weight is 119 g/mol. The van der Waals surface area contributed by atoms with Crippen molar-refractivity contribution in [3.8, 4) is 0 Å². The molecular weight excluding hydrogens is 112 g/mol. The first kappa shape index (κ1) is 6.44. The van der Waals surface area contributed by atoms with E-state index in [0.29, 0.717) is 0 Å². The van der Waals surface area contributed by atoms with Crippen LogP contribution in [-0.2, 0) is 0 Å². The second-order valence-electron chi connectivity index (χ2n) is 0.727. The Balaban J connectivity index is 2.49. The van der Waals surface area contributed by atoms with Crippen molar-refractivity contribution in [2.75, 3.05) is 5.75 Å². The van der Waals surface area contributed by atoms with Crippen molar-refractivity contribution >= 4 is 24.4 Å². The summed E-state index contributed by atoms with van der Waals surface area (Å²) in [6.07, 6.45) is 1.84. The number of thiol groups is 1. The summed E-state index contributed by atoms with van der Waals surface area (Å²) in [5.74, 6) is 0.962. The van der Waals surface area contributed by atoms with Gasteiger partial charge in [-0.3, -0.25) is 0 Å². The molecule has 0 fully saturated rings. The smallest absolute Gasteiger partial charge is 0.0682 e. The van der Waals surface area contributed by atoms with E-state index in [9.17, 15) is 0 Å². The largest absolute Gasteiger partial charge is 0.163 e. The summed E-state index contributed by atoms with van der Waals surface area (Å²) in [6, 6.07) is 0. The molecular formula is C4H7S2. The highest BCUT2D eigenvalue weighted by Gasteiger charge is 1.72. The van der Waals surface area contributed by atoms with Gasteiger partial charge in [-0.05, 0) is 0 Å². The fourth-order valence-electron chi connectivity index (χ4n) is 0.111. The molecule has 0 saturated carbocycles. The maximum atomic E-state index is 3.84. The van der Waals surface area contributed by atoms with Crippen molar-refractivity contribution in [3.05, 3.63) is 17.7 Å². The molecule has 0 bridgehead atoms. The van der Waals surface area contributed by atoms with Crippen LogP contribution in [0.4, 0.5) is 0 Å². The number of hydrogen-bond acceptors (Lipinski definition) is 2. The summed E-state index contributed by atoms with van der Waals surface area (Å²) in [5, 5.41) is 1.75. The van der Waals surface area contributed by atoms with E-state index in [0.717, 1.165) is 5.75 Å². The third kappa shape index (κ3) is 4.44. The van der Waals surface area contributed by atoms with E-state index in [1.807, 2.05) is 6.08 Å². The van der Waals surface area contributed by atoms with E-state index in [1.54, 1.807) is 16.8 Å². The first-order valence-corrected chi connectivity index (χ1v) is 3.16. The van der Waals surface area contributed by atoms with Gasteiger partial charge in [-0.15, -0.1) is 18.3 Å². The van der Waals surface area contributed by atoms with Gasteiger partial charge in [0.05, 0.1) is 5.08 Å². The first-order chi connectivity index (χ1) is 2.91. The van der Waals surface area contributed by atoms with Crippen LogP contribution in [0.2, 0.25) is 0 Å². The van der Waals surface area contributed by atoms with Crippen LogP contribution in [0.1, 0.15) is 0 Å². The Labute approximate surface area is 48.4 Å². The lowest BCUT2D eigenvalue weighted by atomic mass is 10.8. The molecule has 35 valence electrons. The fourth-order valence-corrected chi connectivity index (χ4v) is 0.591. The standard InChI is InChI=1S/C4H7S2/c1-2-3-6-4-5/h2,4-5H,1,3H2. The number of thioether (sulfide) groups is 1. The van der Waals surface area contributed by atoms with Crippen molar-refractivity contribution in [2.24, 2.45) is 0 Å². The Kier molecular flexibility index (Phi) is 5.84. The molecule has 0 aromatic heterocycles. The Morgan fingerprint density at radius 3 is 2.67 bits per heavy atom. The van der Waals surface area contributed by atoms with Crippen LogP contribution >= 0.6 is 24.4 Å². The van der Waals surface area contributed by atoms with Gasteiger partial charge in [0.1, 0.15) is 0 Å². The molecule has 0 aliphatic rings. The summed E-state index contributed by atoms with van der Waals surface area (Å²) >= 11 is 5.47.